The molecule has 0 spiro atoms. The zero-order chi connectivity index (χ0) is 21.5. The predicted molar refractivity (Wildman–Crippen MR) is 109 cm³/mol. The Morgan fingerprint density at radius 1 is 1.07 bits per heavy atom. The third kappa shape index (κ3) is 5.57. The first-order chi connectivity index (χ1) is 14.4. The highest BCUT2D eigenvalue weighted by molar-refractivity contribution is 6.00. The number of hydrogen-bond donors (Lipinski definition) is 2. The van der Waals surface area contributed by atoms with Crippen LogP contribution in [-0.2, 0) is 23.9 Å². The molecule has 2 aromatic rings. The Balaban J connectivity index is 1.55. The van der Waals surface area contributed by atoms with Gasteiger partial charge >= 0.3 is 5.97 Å². The van der Waals surface area contributed by atoms with E-state index < -0.39 is 18.5 Å². The lowest BCUT2D eigenvalue weighted by molar-refractivity contribution is -0.146. The molecule has 156 valence electrons. The fourth-order valence-electron chi connectivity index (χ4n) is 2.89. The maximum atomic E-state index is 12.3. The topological polar surface area (TPSA) is 114 Å². The Kier molecular flexibility index (Phi) is 6.63. The van der Waals surface area contributed by atoms with Gasteiger partial charge in [0.25, 0.3) is 5.91 Å². The van der Waals surface area contributed by atoms with Crippen LogP contribution >= 0.6 is 0 Å². The van der Waals surface area contributed by atoms with E-state index in [-0.39, 0.29) is 31.4 Å². The van der Waals surface area contributed by atoms with Gasteiger partial charge in [0.1, 0.15) is 12.3 Å². The number of hydrogen-bond acceptors (Lipinski definition) is 6. The monoisotopic (exact) mass is 411 g/mol. The number of benzene rings is 2. The quantitative estimate of drug-likeness (QED) is 0.703. The van der Waals surface area contributed by atoms with Crippen molar-refractivity contribution in [2.75, 3.05) is 35.3 Å². The molecule has 0 unspecified atom stereocenters. The number of nitrogens with one attached hydrogen (secondary N) is 2. The Morgan fingerprint density at radius 2 is 1.80 bits per heavy atom. The van der Waals surface area contributed by atoms with Crippen molar-refractivity contribution in [2.24, 2.45) is 0 Å². The second kappa shape index (κ2) is 9.55. The fraction of sp³-hybridized carbons (Fsp3) is 0.238. The molecule has 0 radical (unpaired) electrons. The van der Waals surface area contributed by atoms with E-state index in [1.54, 1.807) is 48.5 Å². The minimum absolute atomic E-state index is 0.132. The normalized spacial score (nSPS) is 12.8. The van der Waals surface area contributed by atoms with Gasteiger partial charge in [-0.3, -0.25) is 24.1 Å². The molecule has 3 amide bonds. The van der Waals surface area contributed by atoms with E-state index in [0.717, 1.165) is 0 Å². The van der Waals surface area contributed by atoms with E-state index >= 15 is 0 Å². The van der Waals surface area contributed by atoms with Gasteiger partial charge in [0.2, 0.25) is 11.8 Å². The smallest absolute Gasteiger partial charge is 0.326 e. The average molecular weight is 411 g/mol. The molecule has 0 aromatic heterocycles. The first-order valence-corrected chi connectivity index (χ1v) is 9.27. The van der Waals surface area contributed by atoms with Crippen LogP contribution in [0.3, 0.4) is 0 Å². The lowest BCUT2D eigenvalue weighted by Crippen LogP contribution is -2.36. The van der Waals surface area contributed by atoms with E-state index in [1.807, 2.05) is 0 Å². The molecule has 1 aliphatic rings. The van der Waals surface area contributed by atoms with Gasteiger partial charge in [-0.2, -0.15) is 0 Å². The summed E-state index contributed by atoms with van der Waals surface area (Å²) < 4.78 is 10.5. The lowest BCUT2D eigenvalue weighted by atomic mass is 10.2. The highest BCUT2D eigenvalue weighted by Gasteiger charge is 2.25. The van der Waals surface area contributed by atoms with Gasteiger partial charge in [-0.25, -0.2) is 0 Å². The van der Waals surface area contributed by atoms with Crippen molar-refractivity contribution < 1.29 is 28.7 Å². The molecule has 9 nitrogen and oxygen atoms in total. The van der Waals surface area contributed by atoms with Crippen LogP contribution in [-0.4, -0.2) is 43.4 Å². The van der Waals surface area contributed by atoms with E-state index in [0.29, 0.717) is 22.8 Å². The SMILES string of the molecule is CC(=O)Nc1cccc(NC(=O)COC(=O)CN2C(=O)CCOc3ccccc32)c1. The van der Waals surface area contributed by atoms with Gasteiger partial charge in [0.05, 0.1) is 18.7 Å². The summed E-state index contributed by atoms with van der Waals surface area (Å²) in [6, 6.07) is 13.5. The molecule has 0 atom stereocenters. The second-order valence-corrected chi connectivity index (χ2v) is 6.52. The number of amides is 3. The summed E-state index contributed by atoms with van der Waals surface area (Å²) in [5.74, 6) is -1.26. The Labute approximate surface area is 172 Å². The minimum Gasteiger partial charge on any atom is -0.491 e. The molecule has 0 saturated carbocycles. The summed E-state index contributed by atoms with van der Waals surface area (Å²) in [6.07, 6.45) is 0.132. The molecule has 0 bridgehead atoms. The maximum Gasteiger partial charge on any atom is 0.326 e. The number of ether oxygens (including phenoxy) is 2. The van der Waals surface area contributed by atoms with Crippen molar-refractivity contribution in [1.29, 1.82) is 0 Å². The highest BCUT2D eigenvalue weighted by atomic mass is 16.5. The third-order valence-corrected chi connectivity index (χ3v) is 4.15. The molecular weight excluding hydrogens is 390 g/mol. The second-order valence-electron chi connectivity index (χ2n) is 6.52. The number of rotatable bonds is 6. The molecule has 3 rings (SSSR count). The first kappa shape index (κ1) is 20.8. The zero-order valence-corrected chi connectivity index (χ0v) is 16.3. The molecule has 30 heavy (non-hydrogen) atoms. The summed E-state index contributed by atoms with van der Waals surface area (Å²) in [5, 5.41) is 5.19. The zero-order valence-electron chi connectivity index (χ0n) is 16.3. The molecule has 0 saturated heterocycles. The van der Waals surface area contributed by atoms with E-state index in [2.05, 4.69) is 10.6 Å². The van der Waals surface area contributed by atoms with E-state index in [9.17, 15) is 19.2 Å². The first-order valence-electron chi connectivity index (χ1n) is 9.27. The summed E-state index contributed by atoms with van der Waals surface area (Å²) in [7, 11) is 0. The third-order valence-electron chi connectivity index (χ3n) is 4.15. The molecule has 0 aliphatic carbocycles. The molecule has 1 heterocycles. The van der Waals surface area contributed by atoms with Crippen molar-refractivity contribution in [3.05, 3.63) is 48.5 Å². The number of anilines is 3. The van der Waals surface area contributed by atoms with Gasteiger partial charge in [-0.05, 0) is 30.3 Å². The Hall–Kier alpha value is -3.88. The van der Waals surface area contributed by atoms with Gasteiger partial charge < -0.3 is 20.1 Å². The van der Waals surface area contributed by atoms with Crippen LogP contribution in [0.5, 0.6) is 5.75 Å². The number of fused-ring (bicyclic) bond motifs is 1. The van der Waals surface area contributed by atoms with Crippen molar-refractivity contribution in [3.8, 4) is 5.75 Å². The molecule has 0 fully saturated rings. The van der Waals surface area contributed by atoms with E-state index in [4.69, 9.17) is 9.47 Å². The van der Waals surface area contributed by atoms with Gasteiger partial charge in [-0.1, -0.05) is 18.2 Å². The number of carbonyl (C=O) groups excluding carboxylic acids is 4. The average Bonchev–Trinajstić information content (AvgIpc) is 2.85. The van der Waals surface area contributed by atoms with Crippen molar-refractivity contribution in [3.63, 3.8) is 0 Å². The van der Waals surface area contributed by atoms with Crippen LogP contribution in [0.2, 0.25) is 0 Å². The minimum atomic E-state index is -0.720. The maximum absolute atomic E-state index is 12.3. The predicted octanol–water partition coefficient (Wildman–Crippen LogP) is 1.94. The molecule has 9 heteroatoms. The van der Waals surface area contributed by atoms with Crippen molar-refractivity contribution in [1.82, 2.24) is 0 Å². The fourth-order valence-corrected chi connectivity index (χ4v) is 2.89. The van der Waals surface area contributed by atoms with Crippen LogP contribution in [0.4, 0.5) is 17.1 Å². The molecule has 2 aromatic carbocycles. The van der Waals surface area contributed by atoms with E-state index in [1.165, 1.54) is 11.8 Å². The molecule has 1 aliphatic heterocycles. The standard InChI is InChI=1S/C21H21N3O6/c1-14(25)22-15-5-4-6-16(11-15)23-19(26)13-30-21(28)12-24-17-7-2-3-8-18(17)29-10-9-20(24)27/h2-8,11H,9-10,12-13H2,1H3,(H,22,25)(H,23,26). The number of carbonyl (C=O) groups is 4. The molecule has 2 N–H and O–H groups in total. The van der Waals surface area contributed by atoms with Crippen LogP contribution in [0.1, 0.15) is 13.3 Å². The van der Waals surface area contributed by atoms with Crippen molar-refractivity contribution >= 4 is 40.8 Å². The highest BCUT2D eigenvalue weighted by Crippen LogP contribution is 2.30. The van der Waals surface area contributed by atoms with Gasteiger partial charge in [-0.15, -0.1) is 0 Å². The summed E-state index contributed by atoms with van der Waals surface area (Å²) in [5.41, 5.74) is 1.45. The number of para-hydroxylation sites is 2. The summed E-state index contributed by atoms with van der Waals surface area (Å²) >= 11 is 0. The van der Waals surface area contributed by atoms with Gasteiger partial charge in [0, 0.05) is 18.3 Å². The number of nitrogens with zero attached hydrogens (tertiary/aromatic N) is 1. The number of esters is 1. The molecular formula is C21H21N3O6. The van der Waals surface area contributed by atoms with Crippen LogP contribution in [0.25, 0.3) is 0 Å². The summed E-state index contributed by atoms with van der Waals surface area (Å²) in [6.45, 7) is 0.763. The summed E-state index contributed by atoms with van der Waals surface area (Å²) in [4.78, 5) is 49.0. The largest absolute Gasteiger partial charge is 0.491 e. The van der Waals surface area contributed by atoms with Crippen LogP contribution < -0.4 is 20.3 Å². The lowest BCUT2D eigenvalue weighted by Gasteiger charge is -2.20. The Bertz CT molecular complexity index is 975. The van der Waals surface area contributed by atoms with Gasteiger partial charge in [0.15, 0.2) is 6.61 Å². The van der Waals surface area contributed by atoms with Crippen molar-refractivity contribution in [2.45, 2.75) is 13.3 Å². The Morgan fingerprint density at radius 3 is 2.57 bits per heavy atom. The van der Waals surface area contributed by atoms with Crippen LogP contribution in [0, 0.1) is 0 Å². The van der Waals surface area contributed by atoms with Crippen LogP contribution in [0.15, 0.2) is 48.5 Å².